The molecule has 0 aliphatic carbocycles. The van der Waals surface area contributed by atoms with Gasteiger partial charge < -0.3 is 10.6 Å². The van der Waals surface area contributed by atoms with E-state index in [2.05, 4.69) is 20.5 Å². The number of nitrogens with zero attached hydrogens (tertiary/aromatic N) is 3. The first-order valence-corrected chi connectivity index (χ1v) is 8.99. The fourth-order valence-electron chi connectivity index (χ4n) is 2.51. The van der Waals surface area contributed by atoms with Crippen LogP contribution in [0.4, 0.5) is 0 Å². The van der Waals surface area contributed by atoms with Crippen LogP contribution in [0.2, 0.25) is 0 Å². The van der Waals surface area contributed by atoms with Crippen LogP contribution in [0.1, 0.15) is 17.0 Å². The van der Waals surface area contributed by atoms with E-state index in [4.69, 9.17) is 0 Å². The van der Waals surface area contributed by atoms with Gasteiger partial charge in [0.05, 0.1) is 12.0 Å². The predicted octanol–water partition coefficient (Wildman–Crippen LogP) is 2.37. The van der Waals surface area contributed by atoms with Crippen molar-refractivity contribution in [3.05, 3.63) is 59.4 Å². The Morgan fingerprint density at radius 2 is 1.89 bits per heavy atom. The van der Waals surface area contributed by atoms with Crippen molar-refractivity contribution in [3.63, 3.8) is 0 Å². The molecule has 0 radical (unpaired) electrons. The maximum absolute atomic E-state index is 12.0. The Morgan fingerprint density at radius 3 is 2.63 bits per heavy atom. The van der Waals surface area contributed by atoms with Gasteiger partial charge >= 0.3 is 0 Å². The van der Waals surface area contributed by atoms with E-state index in [9.17, 15) is 9.90 Å². The number of thioether (sulfide) groups is 1. The Balaban J connectivity index is 0.00000261. The molecule has 1 heterocycles. The van der Waals surface area contributed by atoms with Gasteiger partial charge in [-0.3, -0.25) is 4.79 Å². The second-order valence-electron chi connectivity index (χ2n) is 5.73. The summed E-state index contributed by atoms with van der Waals surface area (Å²) in [7, 11) is 0. The first-order chi connectivity index (χ1) is 12.5. The molecule has 0 atom stereocenters. The smallest absolute Gasteiger partial charge is 0.250 e. The van der Waals surface area contributed by atoms with Crippen molar-refractivity contribution in [3.8, 4) is 5.75 Å². The number of aromatic hydroxyl groups is 1. The van der Waals surface area contributed by atoms with E-state index in [0.29, 0.717) is 10.7 Å². The second-order valence-corrected chi connectivity index (χ2v) is 6.68. The lowest BCUT2D eigenvalue weighted by atomic mass is 10.0. The summed E-state index contributed by atoms with van der Waals surface area (Å²) in [5, 5.41) is 16.4. The number of carbonyl (C=O) groups is 1. The summed E-state index contributed by atoms with van der Waals surface area (Å²) in [5.74, 6) is -0.00433. The Hall–Kier alpha value is -2.97. The van der Waals surface area contributed by atoms with E-state index >= 15 is 0 Å². The highest BCUT2D eigenvalue weighted by atomic mass is 32.2. The second kappa shape index (κ2) is 9.11. The number of amides is 1. The number of carbonyl (C=O) groups excluding carboxylic acids is 1. The summed E-state index contributed by atoms with van der Waals surface area (Å²) >= 11 is 1.25. The molecule has 140 valence electrons. The first kappa shape index (κ1) is 20.3. The molecule has 0 unspecified atom stereocenters. The molecule has 0 bridgehead atoms. The molecule has 1 aromatic heterocycles. The highest BCUT2D eigenvalue weighted by molar-refractivity contribution is 7.99. The number of hydrazone groups is 1. The molecule has 3 rings (SSSR count). The molecule has 0 aliphatic heterocycles. The number of hydrogen-bond acceptors (Lipinski definition) is 6. The van der Waals surface area contributed by atoms with Gasteiger partial charge in [0.15, 0.2) is 5.16 Å². The SMILES string of the molecule is Cc1cc(C)nc(SCC(=O)N/N=C/c2c(O)ccc3ccccc23)n1.O. The molecule has 0 saturated carbocycles. The highest BCUT2D eigenvalue weighted by Gasteiger charge is 2.07. The van der Waals surface area contributed by atoms with E-state index in [1.54, 1.807) is 6.07 Å². The van der Waals surface area contributed by atoms with Crippen molar-refractivity contribution in [2.75, 3.05) is 5.75 Å². The van der Waals surface area contributed by atoms with Crippen LogP contribution in [0.5, 0.6) is 5.75 Å². The fourth-order valence-corrected chi connectivity index (χ4v) is 3.25. The molecule has 8 heteroatoms. The molecular formula is C19H20N4O3S. The lowest BCUT2D eigenvalue weighted by molar-refractivity contribution is -0.118. The van der Waals surface area contributed by atoms with Crippen LogP contribution in [0, 0.1) is 13.8 Å². The minimum atomic E-state index is -0.270. The highest BCUT2D eigenvalue weighted by Crippen LogP contribution is 2.25. The summed E-state index contributed by atoms with van der Waals surface area (Å²) in [5.41, 5.74) is 4.76. The summed E-state index contributed by atoms with van der Waals surface area (Å²) < 4.78 is 0. The maximum Gasteiger partial charge on any atom is 0.250 e. The van der Waals surface area contributed by atoms with Crippen LogP contribution in [0.3, 0.4) is 0 Å². The summed E-state index contributed by atoms with van der Waals surface area (Å²) in [6.45, 7) is 3.78. The van der Waals surface area contributed by atoms with Gasteiger partial charge in [0.1, 0.15) is 5.75 Å². The van der Waals surface area contributed by atoms with Gasteiger partial charge in [-0.1, -0.05) is 42.1 Å². The Bertz CT molecular complexity index is 972. The minimum Gasteiger partial charge on any atom is -0.507 e. The van der Waals surface area contributed by atoms with Gasteiger partial charge in [-0.25, -0.2) is 15.4 Å². The number of hydrogen-bond donors (Lipinski definition) is 2. The zero-order valence-corrected chi connectivity index (χ0v) is 15.7. The maximum atomic E-state index is 12.0. The van der Waals surface area contributed by atoms with E-state index < -0.39 is 0 Å². The quantitative estimate of drug-likeness (QED) is 0.303. The number of nitrogens with one attached hydrogen (secondary N) is 1. The summed E-state index contributed by atoms with van der Waals surface area (Å²) in [4.78, 5) is 20.5. The Morgan fingerprint density at radius 1 is 1.19 bits per heavy atom. The number of rotatable bonds is 5. The van der Waals surface area contributed by atoms with Crippen LogP contribution in [0.25, 0.3) is 10.8 Å². The van der Waals surface area contributed by atoms with E-state index in [1.165, 1.54) is 18.0 Å². The van der Waals surface area contributed by atoms with E-state index in [0.717, 1.165) is 22.2 Å². The number of fused-ring (bicyclic) bond motifs is 1. The van der Waals surface area contributed by atoms with Crippen LogP contribution in [0.15, 0.2) is 52.7 Å². The van der Waals surface area contributed by atoms with Gasteiger partial charge in [-0.05, 0) is 36.8 Å². The molecule has 0 spiro atoms. The lowest BCUT2D eigenvalue weighted by Crippen LogP contribution is -2.19. The zero-order valence-electron chi connectivity index (χ0n) is 14.9. The first-order valence-electron chi connectivity index (χ1n) is 8.00. The molecule has 4 N–H and O–H groups in total. The standard InChI is InChI=1S/C19H18N4O2S.H2O/c1-12-9-13(2)22-19(21-12)26-11-18(25)23-20-10-16-15-6-4-3-5-14(15)7-8-17(16)24;/h3-10,24H,11H2,1-2H3,(H,23,25);1H2/b20-10+;. The number of aromatic nitrogens is 2. The van der Waals surface area contributed by atoms with E-state index in [1.807, 2.05) is 50.2 Å². The average molecular weight is 384 g/mol. The molecule has 27 heavy (non-hydrogen) atoms. The molecule has 3 aromatic rings. The number of phenolic OH excluding ortho intramolecular Hbond substituents is 1. The fraction of sp³-hybridized carbons (Fsp3) is 0.158. The monoisotopic (exact) mass is 384 g/mol. The largest absolute Gasteiger partial charge is 0.507 e. The average Bonchev–Trinajstić information content (AvgIpc) is 2.61. The molecule has 1 amide bonds. The number of benzene rings is 2. The predicted molar refractivity (Wildman–Crippen MR) is 107 cm³/mol. The van der Waals surface area contributed by atoms with Crippen molar-refractivity contribution in [1.29, 1.82) is 0 Å². The molecule has 7 nitrogen and oxygen atoms in total. The van der Waals surface area contributed by atoms with Crippen molar-refractivity contribution in [2.24, 2.45) is 5.10 Å². The van der Waals surface area contributed by atoms with Crippen LogP contribution < -0.4 is 5.43 Å². The van der Waals surface area contributed by atoms with Gasteiger partial charge in [-0.15, -0.1) is 0 Å². The lowest BCUT2D eigenvalue weighted by Gasteiger charge is -2.05. The Kier molecular flexibility index (Phi) is 6.86. The normalized spacial score (nSPS) is 10.7. The third-order valence-corrected chi connectivity index (χ3v) is 4.47. The number of aryl methyl sites for hydroxylation is 2. The van der Waals surface area contributed by atoms with Gasteiger partial charge in [0, 0.05) is 17.0 Å². The van der Waals surface area contributed by atoms with Crippen molar-refractivity contribution in [1.82, 2.24) is 15.4 Å². The van der Waals surface area contributed by atoms with E-state index in [-0.39, 0.29) is 22.9 Å². The molecule has 0 fully saturated rings. The minimum absolute atomic E-state index is 0. The molecule has 0 aliphatic rings. The molecule has 2 aromatic carbocycles. The van der Waals surface area contributed by atoms with Crippen LogP contribution >= 0.6 is 11.8 Å². The molecular weight excluding hydrogens is 364 g/mol. The third-order valence-electron chi connectivity index (χ3n) is 3.62. The number of phenols is 1. The topological polar surface area (TPSA) is 119 Å². The third kappa shape index (κ3) is 5.25. The van der Waals surface area contributed by atoms with Crippen molar-refractivity contribution < 1.29 is 15.4 Å². The van der Waals surface area contributed by atoms with Crippen LogP contribution in [-0.4, -0.2) is 38.4 Å². The molecule has 0 saturated heterocycles. The Labute approximate surface area is 160 Å². The van der Waals surface area contributed by atoms with Crippen molar-refractivity contribution in [2.45, 2.75) is 19.0 Å². The van der Waals surface area contributed by atoms with Gasteiger partial charge in [0.2, 0.25) is 0 Å². The van der Waals surface area contributed by atoms with Gasteiger partial charge in [0.25, 0.3) is 5.91 Å². The van der Waals surface area contributed by atoms with Crippen molar-refractivity contribution >= 4 is 34.7 Å². The zero-order chi connectivity index (χ0) is 18.5. The van der Waals surface area contributed by atoms with Crippen LogP contribution in [-0.2, 0) is 4.79 Å². The summed E-state index contributed by atoms with van der Waals surface area (Å²) in [6, 6.07) is 13.0. The summed E-state index contributed by atoms with van der Waals surface area (Å²) in [6.07, 6.45) is 1.45. The van der Waals surface area contributed by atoms with Gasteiger partial charge in [-0.2, -0.15) is 5.10 Å².